The minimum atomic E-state index is -1.20. The van der Waals surface area contributed by atoms with Crippen LogP contribution >= 0.6 is 11.6 Å². The first-order valence-electron chi connectivity index (χ1n) is 9.61. The van der Waals surface area contributed by atoms with Gasteiger partial charge in [0.05, 0.1) is 22.0 Å². The molecule has 0 aliphatic carbocycles. The summed E-state index contributed by atoms with van der Waals surface area (Å²) in [4.78, 5) is 29.0. The van der Waals surface area contributed by atoms with E-state index in [0.717, 1.165) is 0 Å². The van der Waals surface area contributed by atoms with E-state index in [0.29, 0.717) is 22.8 Å². The maximum Gasteiger partial charge on any atom is 0.356 e. The monoisotopic (exact) mass is 447 g/mol. The van der Waals surface area contributed by atoms with Gasteiger partial charge in [0.1, 0.15) is 11.6 Å². The lowest BCUT2D eigenvalue weighted by molar-refractivity contribution is 0.0689. The lowest BCUT2D eigenvalue weighted by Crippen LogP contribution is -2.15. The van der Waals surface area contributed by atoms with E-state index < -0.39 is 11.9 Å². The lowest BCUT2D eigenvalue weighted by atomic mass is 10.1. The van der Waals surface area contributed by atoms with Crippen LogP contribution in [0.15, 0.2) is 72.8 Å². The summed E-state index contributed by atoms with van der Waals surface area (Å²) in [6.45, 7) is 0. The van der Waals surface area contributed by atoms with Gasteiger partial charge in [-0.1, -0.05) is 41.9 Å². The Morgan fingerprint density at radius 3 is 2.50 bits per heavy atom. The molecule has 0 aliphatic heterocycles. The van der Waals surface area contributed by atoms with Gasteiger partial charge in [-0.25, -0.2) is 14.5 Å². The van der Waals surface area contributed by atoms with Crippen molar-refractivity contribution in [3.63, 3.8) is 0 Å². The number of carbonyl (C=O) groups is 2. The molecule has 0 atom stereocenters. The molecule has 0 unspecified atom stereocenters. The molecule has 3 N–H and O–H groups in total. The van der Waals surface area contributed by atoms with E-state index >= 15 is 0 Å². The van der Waals surface area contributed by atoms with Crippen LogP contribution in [0.3, 0.4) is 0 Å². The maximum absolute atomic E-state index is 13.1. The zero-order chi connectivity index (χ0) is 22.7. The van der Waals surface area contributed by atoms with Crippen molar-refractivity contribution in [2.24, 2.45) is 0 Å². The van der Waals surface area contributed by atoms with E-state index in [4.69, 9.17) is 11.6 Å². The standard InChI is InChI=1S/C23H18ClN5O3/c1-25-20-9-5-8-18(26-20)14-10-11-17(24)16(12-14)22(30)27-21-13-19(23(31)32)28-29(21)15-6-3-2-4-7-15/h2-13H,1H3,(H,25,26)(H,27,30)(H,31,32). The van der Waals surface area contributed by atoms with Gasteiger partial charge >= 0.3 is 5.97 Å². The predicted molar refractivity (Wildman–Crippen MR) is 123 cm³/mol. The van der Waals surface area contributed by atoms with Crippen molar-refractivity contribution in [1.29, 1.82) is 0 Å². The highest BCUT2D eigenvalue weighted by atomic mass is 35.5. The van der Waals surface area contributed by atoms with E-state index in [2.05, 4.69) is 20.7 Å². The third kappa shape index (κ3) is 4.30. The van der Waals surface area contributed by atoms with Crippen LogP contribution in [-0.4, -0.2) is 38.8 Å². The Bertz CT molecular complexity index is 1300. The first-order valence-corrected chi connectivity index (χ1v) is 9.99. The summed E-state index contributed by atoms with van der Waals surface area (Å²) in [6.07, 6.45) is 0. The molecule has 160 valence electrons. The second-order valence-electron chi connectivity index (χ2n) is 6.77. The Labute approximate surface area is 188 Å². The Kier molecular flexibility index (Phi) is 5.87. The number of rotatable bonds is 6. The van der Waals surface area contributed by atoms with Crippen molar-refractivity contribution in [2.75, 3.05) is 17.7 Å². The zero-order valence-electron chi connectivity index (χ0n) is 16.9. The molecule has 0 spiro atoms. The molecule has 4 rings (SSSR count). The van der Waals surface area contributed by atoms with E-state index in [9.17, 15) is 14.7 Å². The van der Waals surface area contributed by atoms with Crippen molar-refractivity contribution >= 4 is 35.1 Å². The first-order chi connectivity index (χ1) is 15.5. The van der Waals surface area contributed by atoms with Crippen LogP contribution in [0.5, 0.6) is 0 Å². The van der Waals surface area contributed by atoms with Crippen LogP contribution in [-0.2, 0) is 0 Å². The Balaban J connectivity index is 1.70. The van der Waals surface area contributed by atoms with Crippen LogP contribution < -0.4 is 10.6 Å². The summed E-state index contributed by atoms with van der Waals surface area (Å²) in [5.74, 6) is -0.812. The molecule has 9 heteroatoms. The molecular weight excluding hydrogens is 430 g/mol. The summed E-state index contributed by atoms with van der Waals surface area (Å²) < 4.78 is 1.36. The Hall–Kier alpha value is -4.17. The number of para-hydroxylation sites is 1. The Morgan fingerprint density at radius 2 is 1.78 bits per heavy atom. The number of carboxylic acids is 1. The number of pyridine rings is 1. The fourth-order valence-corrected chi connectivity index (χ4v) is 3.32. The average molecular weight is 448 g/mol. The minimum Gasteiger partial charge on any atom is -0.476 e. The second kappa shape index (κ2) is 8.91. The number of hydrogen-bond donors (Lipinski definition) is 3. The minimum absolute atomic E-state index is 0.197. The number of carbonyl (C=O) groups excluding carboxylic acids is 1. The summed E-state index contributed by atoms with van der Waals surface area (Å²) in [6, 6.07) is 20.8. The average Bonchev–Trinajstić information content (AvgIpc) is 3.24. The first kappa shape index (κ1) is 21.1. The van der Waals surface area contributed by atoms with Crippen LogP contribution in [0.4, 0.5) is 11.6 Å². The molecular formula is C23H18ClN5O3. The highest BCUT2D eigenvalue weighted by Crippen LogP contribution is 2.26. The molecule has 8 nitrogen and oxygen atoms in total. The van der Waals surface area contributed by atoms with Gasteiger partial charge in [0.25, 0.3) is 5.91 Å². The van der Waals surface area contributed by atoms with Crippen molar-refractivity contribution in [3.05, 3.63) is 89.1 Å². The fourth-order valence-electron chi connectivity index (χ4n) is 3.12. The number of nitrogens with zero attached hydrogens (tertiary/aromatic N) is 3. The van der Waals surface area contributed by atoms with Gasteiger partial charge in [0.15, 0.2) is 5.69 Å². The van der Waals surface area contributed by atoms with Crippen LogP contribution in [0.2, 0.25) is 5.02 Å². The van der Waals surface area contributed by atoms with E-state index in [1.165, 1.54) is 10.7 Å². The van der Waals surface area contributed by atoms with Gasteiger partial charge in [0.2, 0.25) is 0 Å². The highest BCUT2D eigenvalue weighted by Gasteiger charge is 2.19. The summed E-state index contributed by atoms with van der Waals surface area (Å²) in [5, 5.41) is 19.4. The molecule has 32 heavy (non-hydrogen) atoms. The second-order valence-corrected chi connectivity index (χ2v) is 7.18. The zero-order valence-corrected chi connectivity index (χ0v) is 17.7. The quantitative estimate of drug-likeness (QED) is 0.399. The number of aromatic nitrogens is 3. The molecule has 0 saturated heterocycles. The van der Waals surface area contributed by atoms with Gasteiger partial charge in [0, 0.05) is 18.7 Å². The SMILES string of the molecule is CNc1cccc(-c2ccc(Cl)c(C(=O)Nc3cc(C(=O)O)nn3-c3ccccc3)c2)n1. The molecule has 2 aromatic carbocycles. The number of carboxylic acid groups (broad SMARTS) is 1. The molecule has 0 fully saturated rings. The van der Waals surface area contributed by atoms with Gasteiger partial charge in [-0.3, -0.25) is 4.79 Å². The van der Waals surface area contributed by atoms with E-state index in [1.807, 2.05) is 24.3 Å². The molecule has 0 aliphatic rings. The maximum atomic E-state index is 13.1. The summed E-state index contributed by atoms with van der Waals surface area (Å²) >= 11 is 6.31. The largest absolute Gasteiger partial charge is 0.476 e. The van der Waals surface area contributed by atoms with Gasteiger partial charge in [-0.2, -0.15) is 5.10 Å². The van der Waals surface area contributed by atoms with Crippen molar-refractivity contribution < 1.29 is 14.7 Å². The number of amides is 1. The van der Waals surface area contributed by atoms with Crippen LogP contribution in [0.25, 0.3) is 16.9 Å². The summed E-state index contributed by atoms with van der Waals surface area (Å²) in [7, 11) is 1.77. The third-order valence-corrected chi connectivity index (χ3v) is 5.01. The molecule has 2 aromatic heterocycles. The number of benzene rings is 2. The number of nitrogens with one attached hydrogen (secondary N) is 2. The predicted octanol–water partition coefficient (Wildman–Crippen LogP) is 4.58. The van der Waals surface area contributed by atoms with Gasteiger partial charge in [-0.05, 0) is 36.4 Å². The smallest absolute Gasteiger partial charge is 0.356 e. The topological polar surface area (TPSA) is 109 Å². The van der Waals surface area contributed by atoms with Gasteiger partial charge in [-0.15, -0.1) is 0 Å². The number of hydrogen-bond acceptors (Lipinski definition) is 5. The van der Waals surface area contributed by atoms with Crippen molar-refractivity contribution in [2.45, 2.75) is 0 Å². The molecule has 1 amide bonds. The van der Waals surface area contributed by atoms with Crippen molar-refractivity contribution in [1.82, 2.24) is 14.8 Å². The lowest BCUT2D eigenvalue weighted by Gasteiger charge is -2.11. The molecule has 4 aromatic rings. The van der Waals surface area contributed by atoms with Crippen molar-refractivity contribution in [3.8, 4) is 16.9 Å². The molecule has 0 radical (unpaired) electrons. The number of anilines is 2. The van der Waals surface area contributed by atoms with Gasteiger partial charge < -0.3 is 15.7 Å². The van der Waals surface area contributed by atoms with E-state index in [-0.39, 0.29) is 22.1 Å². The molecule has 0 saturated carbocycles. The normalized spacial score (nSPS) is 10.6. The number of aromatic carboxylic acids is 1. The fraction of sp³-hybridized carbons (Fsp3) is 0.0435. The van der Waals surface area contributed by atoms with Crippen LogP contribution in [0, 0.1) is 0 Å². The van der Waals surface area contributed by atoms with Crippen LogP contribution in [0.1, 0.15) is 20.8 Å². The highest BCUT2D eigenvalue weighted by molar-refractivity contribution is 6.34. The Morgan fingerprint density at radius 1 is 1.00 bits per heavy atom. The number of halogens is 1. The van der Waals surface area contributed by atoms with E-state index in [1.54, 1.807) is 49.5 Å². The third-order valence-electron chi connectivity index (χ3n) is 4.68. The molecule has 2 heterocycles. The summed E-state index contributed by atoms with van der Waals surface area (Å²) in [5.41, 5.74) is 2.00. The molecule has 0 bridgehead atoms.